The van der Waals surface area contributed by atoms with E-state index in [-0.39, 0.29) is 11.2 Å². The van der Waals surface area contributed by atoms with Crippen LogP contribution in [-0.2, 0) is 14.3 Å². The van der Waals surface area contributed by atoms with Gasteiger partial charge >= 0.3 is 0 Å². The van der Waals surface area contributed by atoms with E-state index >= 15 is 0 Å². The van der Waals surface area contributed by atoms with E-state index < -0.39 is 0 Å². The summed E-state index contributed by atoms with van der Waals surface area (Å²) in [6.07, 6.45) is 11.6. The molecule has 4 aliphatic carbocycles. The van der Waals surface area contributed by atoms with Crippen molar-refractivity contribution in [2.24, 2.45) is 34.5 Å². The molecule has 0 aromatic heterocycles. The van der Waals surface area contributed by atoms with Gasteiger partial charge in [-0.2, -0.15) is 0 Å². The Balaban J connectivity index is 1.46. The Labute approximate surface area is 152 Å². The molecular formula is C22H34O3. The lowest BCUT2D eigenvalue weighted by Gasteiger charge is -2.59. The average molecular weight is 347 g/mol. The minimum absolute atomic E-state index is 0.203. The molecule has 3 nitrogen and oxygen atoms in total. The minimum Gasteiger partial charge on any atom is -0.347 e. The predicted molar refractivity (Wildman–Crippen MR) is 96.0 cm³/mol. The highest BCUT2D eigenvalue weighted by Crippen LogP contribution is 2.69. The van der Waals surface area contributed by atoms with Gasteiger partial charge in [0.05, 0.1) is 13.2 Å². The maximum absolute atomic E-state index is 12.1. The van der Waals surface area contributed by atoms with Gasteiger partial charge in [-0.1, -0.05) is 13.8 Å². The molecule has 4 saturated carbocycles. The van der Waals surface area contributed by atoms with E-state index in [9.17, 15) is 4.79 Å². The summed E-state index contributed by atoms with van der Waals surface area (Å²) in [7, 11) is 0. The summed E-state index contributed by atoms with van der Waals surface area (Å²) in [5.41, 5.74) is 0.595. The molecule has 1 aliphatic heterocycles. The maximum Gasteiger partial charge on any atom is 0.174 e. The Kier molecular flexibility index (Phi) is 3.71. The van der Waals surface area contributed by atoms with Crippen LogP contribution in [0.3, 0.4) is 0 Å². The van der Waals surface area contributed by atoms with E-state index in [1.54, 1.807) is 0 Å². The number of fused-ring (bicyclic) bond motifs is 6. The first-order valence-electron chi connectivity index (χ1n) is 10.8. The predicted octanol–water partition coefficient (Wildman–Crippen LogP) is 4.73. The summed E-state index contributed by atoms with van der Waals surface area (Å²) >= 11 is 0. The molecule has 0 aromatic rings. The molecular weight excluding hydrogens is 312 g/mol. The van der Waals surface area contributed by atoms with Crippen LogP contribution >= 0.6 is 0 Å². The van der Waals surface area contributed by atoms with Gasteiger partial charge < -0.3 is 9.47 Å². The molecule has 0 bridgehead atoms. The molecule has 0 amide bonds. The zero-order valence-corrected chi connectivity index (χ0v) is 16.0. The first-order chi connectivity index (χ1) is 12.0. The smallest absolute Gasteiger partial charge is 0.174 e. The maximum atomic E-state index is 12.1. The monoisotopic (exact) mass is 346 g/mol. The Morgan fingerprint density at radius 1 is 0.840 bits per heavy atom. The summed E-state index contributed by atoms with van der Waals surface area (Å²) < 4.78 is 12.5. The Morgan fingerprint density at radius 2 is 1.60 bits per heavy atom. The first-order valence-corrected chi connectivity index (χ1v) is 10.8. The van der Waals surface area contributed by atoms with Crippen molar-refractivity contribution < 1.29 is 14.3 Å². The van der Waals surface area contributed by atoms with Gasteiger partial charge in [-0.25, -0.2) is 0 Å². The van der Waals surface area contributed by atoms with Gasteiger partial charge in [0.1, 0.15) is 5.78 Å². The number of hydrogen-bond acceptors (Lipinski definition) is 3. The number of Topliss-reactive ketones (excluding diaryl/α,β-unsaturated/α-hetero) is 1. The van der Waals surface area contributed by atoms with Crippen molar-refractivity contribution in [3.05, 3.63) is 0 Å². The third kappa shape index (κ3) is 2.15. The number of ketones is 1. The molecule has 5 rings (SSSR count). The standard InChI is InChI=1S/C22H34O3/c1-20-10-7-16(23)5-3-15(20)4-6-17-18(20)8-11-21(2)19(17)9-12-22(21)24-13-14-25-22/h15,17-19H,3-14H2,1-2H3/t15-,17-,18?,19+,20+,21+/m1/s1. The van der Waals surface area contributed by atoms with Gasteiger partial charge in [-0.15, -0.1) is 0 Å². The quantitative estimate of drug-likeness (QED) is 0.636. The second-order valence-electron chi connectivity index (χ2n) is 10.2. The second kappa shape index (κ2) is 5.55. The van der Waals surface area contributed by atoms with E-state index in [0.717, 1.165) is 69.0 Å². The molecule has 25 heavy (non-hydrogen) atoms. The highest BCUT2D eigenvalue weighted by atomic mass is 16.7. The summed E-state index contributed by atoms with van der Waals surface area (Å²) in [4.78, 5) is 12.1. The lowest BCUT2D eigenvalue weighted by Crippen LogP contribution is -2.55. The van der Waals surface area contributed by atoms with Gasteiger partial charge in [0.25, 0.3) is 0 Å². The van der Waals surface area contributed by atoms with Crippen LogP contribution in [0.5, 0.6) is 0 Å². The molecule has 5 aliphatic rings. The molecule has 0 aromatic carbocycles. The summed E-state index contributed by atoms with van der Waals surface area (Å²) in [6, 6.07) is 0. The van der Waals surface area contributed by atoms with E-state index in [4.69, 9.17) is 9.47 Å². The van der Waals surface area contributed by atoms with Gasteiger partial charge in [0.15, 0.2) is 5.79 Å². The fraction of sp³-hybridized carbons (Fsp3) is 0.955. The van der Waals surface area contributed by atoms with Gasteiger partial charge in [-0.3, -0.25) is 4.79 Å². The van der Waals surface area contributed by atoms with Crippen molar-refractivity contribution >= 4 is 5.78 Å². The average Bonchev–Trinajstić information content (AvgIpc) is 3.15. The zero-order chi connectivity index (χ0) is 17.3. The van der Waals surface area contributed by atoms with Crippen LogP contribution in [0.25, 0.3) is 0 Å². The Hall–Kier alpha value is -0.410. The van der Waals surface area contributed by atoms with Crippen molar-refractivity contribution in [2.45, 2.75) is 83.8 Å². The fourth-order valence-corrected chi connectivity index (χ4v) is 8.15. The van der Waals surface area contributed by atoms with Gasteiger partial charge in [0.2, 0.25) is 0 Å². The number of ether oxygens (including phenoxy) is 2. The molecule has 3 heteroatoms. The zero-order valence-electron chi connectivity index (χ0n) is 16.0. The minimum atomic E-state index is -0.278. The third-order valence-electron chi connectivity index (χ3n) is 9.58. The summed E-state index contributed by atoms with van der Waals surface area (Å²) in [5, 5.41) is 0. The fourth-order valence-electron chi connectivity index (χ4n) is 8.15. The number of carbonyl (C=O) groups excluding carboxylic acids is 1. The molecule has 1 spiro atoms. The summed E-state index contributed by atoms with van der Waals surface area (Å²) in [5.74, 6) is 3.40. The van der Waals surface area contributed by atoms with Crippen molar-refractivity contribution in [3.8, 4) is 0 Å². The lowest BCUT2D eigenvalue weighted by atomic mass is 9.46. The molecule has 0 N–H and O–H groups in total. The van der Waals surface area contributed by atoms with Crippen LogP contribution < -0.4 is 0 Å². The lowest BCUT2D eigenvalue weighted by molar-refractivity contribution is -0.246. The molecule has 5 fully saturated rings. The van der Waals surface area contributed by atoms with E-state index in [2.05, 4.69) is 13.8 Å². The SMILES string of the molecule is C[C@]12CCC3[C@@H](CC[C@H]4CCC(=O)CC[C@]34C)[C@@H]1CCC21OCCO1. The van der Waals surface area contributed by atoms with Crippen LogP contribution in [0.1, 0.15) is 78.1 Å². The molecule has 6 atom stereocenters. The molecule has 0 radical (unpaired) electrons. The van der Waals surface area contributed by atoms with Crippen LogP contribution in [0.4, 0.5) is 0 Å². The topological polar surface area (TPSA) is 35.5 Å². The van der Waals surface area contributed by atoms with Crippen LogP contribution in [0, 0.1) is 34.5 Å². The van der Waals surface area contributed by atoms with Gasteiger partial charge in [0, 0.05) is 24.7 Å². The van der Waals surface area contributed by atoms with Gasteiger partial charge in [-0.05, 0) is 74.0 Å². The number of hydrogen-bond donors (Lipinski definition) is 0. The molecule has 1 heterocycles. The third-order valence-corrected chi connectivity index (χ3v) is 9.58. The van der Waals surface area contributed by atoms with Crippen molar-refractivity contribution in [1.29, 1.82) is 0 Å². The van der Waals surface area contributed by atoms with Crippen molar-refractivity contribution in [1.82, 2.24) is 0 Å². The normalized spacial score (nSPS) is 51.7. The first kappa shape index (κ1) is 16.7. The highest BCUT2D eigenvalue weighted by Gasteiger charge is 2.67. The molecule has 1 saturated heterocycles. The second-order valence-corrected chi connectivity index (χ2v) is 10.2. The van der Waals surface area contributed by atoms with E-state index in [0.29, 0.717) is 11.2 Å². The number of carbonyl (C=O) groups is 1. The summed E-state index contributed by atoms with van der Waals surface area (Å²) in [6.45, 7) is 6.57. The van der Waals surface area contributed by atoms with Crippen molar-refractivity contribution in [3.63, 3.8) is 0 Å². The molecule has 140 valence electrons. The molecule has 1 unspecified atom stereocenters. The largest absolute Gasteiger partial charge is 0.347 e. The van der Waals surface area contributed by atoms with Crippen LogP contribution in [0.15, 0.2) is 0 Å². The Morgan fingerprint density at radius 3 is 2.40 bits per heavy atom. The highest BCUT2D eigenvalue weighted by molar-refractivity contribution is 5.78. The Bertz CT molecular complexity index is 566. The number of rotatable bonds is 0. The van der Waals surface area contributed by atoms with Crippen LogP contribution in [-0.4, -0.2) is 24.8 Å². The van der Waals surface area contributed by atoms with E-state index in [1.807, 2.05) is 0 Å². The van der Waals surface area contributed by atoms with Crippen LogP contribution in [0.2, 0.25) is 0 Å². The van der Waals surface area contributed by atoms with E-state index in [1.165, 1.54) is 32.1 Å². The van der Waals surface area contributed by atoms with Crippen molar-refractivity contribution in [2.75, 3.05) is 13.2 Å².